The van der Waals surface area contributed by atoms with Crippen LogP contribution in [0.4, 0.5) is 20.2 Å². The van der Waals surface area contributed by atoms with Crippen LogP contribution in [0.15, 0.2) is 12.1 Å². The maximum absolute atomic E-state index is 13.6. The van der Waals surface area contributed by atoms with Gasteiger partial charge in [0.15, 0.2) is 11.6 Å². The summed E-state index contributed by atoms with van der Waals surface area (Å²) in [5.74, 6) is -1.95. The van der Waals surface area contributed by atoms with Crippen molar-refractivity contribution < 1.29 is 18.4 Å². The van der Waals surface area contributed by atoms with E-state index in [0.29, 0.717) is 18.7 Å². The molecule has 0 aromatic heterocycles. The van der Waals surface area contributed by atoms with Gasteiger partial charge in [0.25, 0.3) is 5.69 Å². The number of nitrogens with one attached hydrogen (secondary N) is 1. The van der Waals surface area contributed by atoms with Crippen LogP contribution >= 0.6 is 0 Å². The number of anilines is 1. The van der Waals surface area contributed by atoms with E-state index in [1.54, 1.807) is 0 Å². The third kappa shape index (κ3) is 3.63. The van der Waals surface area contributed by atoms with Crippen LogP contribution in [0.5, 0.6) is 0 Å². The monoisotopic (exact) mass is 286 g/mol. The summed E-state index contributed by atoms with van der Waals surface area (Å²) in [7, 11) is 0. The number of hydrogen-bond donors (Lipinski definition) is 1. The van der Waals surface area contributed by atoms with Crippen LogP contribution in [0.1, 0.15) is 25.7 Å². The molecular formula is C13H16F2N2O3. The van der Waals surface area contributed by atoms with Crippen molar-refractivity contribution in [2.24, 2.45) is 0 Å². The van der Waals surface area contributed by atoms with E-state index in [0.717, 1.165) is 25.7 Å². The first kappa shape index (κ1) is 14.6. The fourth-order valence-electron chi connectivity index (χ4n) is 2.29. The molecule has 1 aromatic carbocycles. The van der Waals surface area contributed by atoms with E-state index >= 15 is 0 Å². The van der Waals surface area contributed by atoms with Crippen molar-refractivity contribution in [1.29, 1.82) is 0 Å². The second-order valence-corrected chi connectivity index (χ2v) is 4.75. The molecular weight excluding hydrogens is 270 g/mol. The molecule has 5 nitrogen and oxygen atoms in total. The minimum Gasteiger partial charge on any atom is -0.378 e. The Morgan fingerprint density at radius 2 is 1.90 bits per heavy atom. The molecule has 0 heterocycles. The van der Waals surface area contributed by atoms with Crippen molar-refractivity contribution >= 4 is 11.4 Å². The van der Waals surface area contributed by atoms with Gasteiger partial charge in [-0.3, -0.25) is 10.1 Å². The smallest absolute Gasteiger partial charge is 0.275 e. The molecule has 1 saturated carbocycles. The molecule has 1 aliphatic carbocycles. The van der Waals surface area contributed by atoms with Gasteiger partial charge in [0.2, 0.25) is 0 Å². The molecule has 7 heteroatoms. The Bertz CT molecular complexity index is 467. The highest BCUT2D eigenvalue weighted by Gasteiger charge is 2.17. The van der Waals surface area contributed by atoms with Crippen LogP contribution in [-0.4, -0.2) is 24.2 Å². The molecule has 0 saturated heterocycles. The van der Waals surface area contributed by atoms with Gasteiger partial charge in [-0.25, -0.2) is 8.78 Å². The van der Waals surface area contributed by atoms with Gasteiger partial charge in [-0.05, 0) is 12.8 Å². The number of nitro groups is 1. The minimum atomic E-state index is -0.974. The summed E-state index contributed by atoms with van der Waals surface area (Å²) >= 11 is 0. The Kier molecular flexibility index (Phi) is 4.84. The molecule has 0 amide bonds. The SMILES string of the molecule is O=[N+]([O-])c1cc(F)c(NCCOC2CCCC2)c(F)c1. The summed E-state index contributed by atoms with van der Waals surface area (Å²) in [6.45, 7) is 0.600. The Morgan fingerprint density at radius 3 is 2.45 bits per heavy atom. The zero-order valence-corrected chi connectivity index (χ0v) is 10.9. The second kappa shape index (κ2) is 6.60. The third-order valence-electron chi connectivity index (χ3n) is 3.30. The van der Waals surface area contributed by atoms with E-state index in [-0.39, 0.29) is 18.3 Å². The van der Waals surface area contributed by atoms with Gasteiger partial charge < -0.3 is 10.1 Å². The van der Waals surface area contributed by atoms with E-state index in [9.17, 15) is 18.9 Å². The lowest BCUT2D eigenvalue weighted by Crippen LogP contribution is -2.16. The van der Waals surface area contributed by atoms with Crippen molar-refractivity contribution in [2.45, 2.75) is 31.8 Å². The van der Waals surface area contributed by atoms with Gasteiger partial charge in [0.05, 0.1) is 29.8 Å². The molecule has 0 atom stereocenters. The van der Waals surface area contributed by atoms with Gasteiger partial charge in [-0.2, -0.15) is 0 Å². The van der Waals surface area contributed by atoms with Crippen molar-refractivity contribution in [2.75, 3.05) is 18.5 Å². The molecule has 0 radical (unpaired) electrons. The summed E-state index contributed by atoms with van der Waals surface area (Å²) in [5, 5.41) is 13.0. The van der Waals surface area contributed by atoms with Gasteiger partial charge in [-0.15, -0.1) is 0 Å². The van der Waals surface area contributed by atoms with E-state index in [1.165, 1.54) is 0 Å². The fourth-order valence-corrected chi connectivity index (χ4v) is 2.29. The van der Waals surface area contributed by atoms with Crippen LogP contribution in [0.3, 0.4) is 0 Å². The van der Waals surface area contributed by atoms with Crippen molar-refractivity contribution in [3.05, 3.63) is 33.9 Å². The predicted molar refractivity (Wildman–Crippen MR) is 69.7 cm³/mol. The van der Waals surface area contributed by atoms with Crippen LogP contribution in [-0.2, 0) is 4.74 Å². The minimum absolute atomic E-state index is 0.239. The average molecular weight is 286 g/mol. The van der Waals surface area contributed by atoms with Crippen LogP contribution in [0.25, 0.3) is 0 Å². The number of nitro benzene ring substituents is 1. The maximum Gasteiger partial charge on any atom is 0.275 e. The molecule has 20 heavy (non-hydrogen) atoms. The van der Waals surface area contributed by atoms with Crippen molar-refractivity contribution in [3.63, 3.8) is 0 Å². The first-order valence-electron chi connectivity index (χ1n) is 6.57. The number of hydrogen-bond acceptors (Lipinski definition) is 4. The first-order valence-corrected chi connectivity index (χ1v) is 6.57. The number of non-ortho nitro benzene ring substituents is 1. The highest BCUT2D eigenvalue weighted by molar-refractivity contribution is 5.51. The summed E-state index contributed by atoms with van der Waals surface area (Å²) < 4.78 is 32.7. The highest BCUT2D eigenvalue weighted by Crippen LogP contribution is 2.25. The van der Waals surface area contributed by atoms with Gasteiger partial charge >= 0.3 is 0 Å². The van der Waals surface area contributed by atoms with E-state index in [2.05, 4.69) is 5.32 Å². The molecule has 0 bridgehead atoms. The fraction of sp³-hybridized carbons (Fsp3) is 0.538. The average Bonchev–Trinajstić information content (AvgIpc) is 2.89. The molecule has 0 unspecified atom stereocenters. The second-order valence-electron chi connectivity index (χ2n) is 4.75. The van der Waals surface area contributed by atoms with Crippen LogP contribution in [0, 0.1) is 21.7 Å². The van der Waals surface area contributed by atoms with E-state index < -0.39 is 22.2 Å². The summed E-state index contributed by atoms with van der Waals surface area (Å²) in [4.78, 5) is 9.62. The number of benzene rings is 1. The Hall–Kier alpha value is -1.76. The topological polar surface area (TPSA) is 64.4 Å². The van der Waals surface area contributed by atoms with E-state index in [4.69, 9.17) is 4.74 Å². The molecule has 0 spiro atoms. The van der Waals surface area contributed by atoms with E-state index in [1.807, 2.05) is 0 Å². The molecule has 1 aliphatic rings. The normalized spacial score (nSPS) is 15.5. The Balaban J connectivity index is 1.87. The molecule has 0 aliphatic heterocycles. The lowest BCUT2D eigenvalue weighted by molar-refractivity contribution is -0.385. The standard InChI is InChI=1S/C13H16F2N2O3/c14-11-7-9(17(18)19)8-12(15)13(11)16-5-6-20-10-3-1-2-4-10/h7-8,10,16H,1-6H2. The predicted octanol–water partition coefficient (Wildman–Crippen LogP) is 3.24. The van der Waals surface area contributed by atoms with Gasteiger partial charge in [0.1, 0.15) is 5.69 Å². The van der Waals surface area contributed by atoms with Gasteiger partial charge in [0, 0.05) is 6.54 Å². The maximum atomic E-state index is 13.6. The zero-order chi connectivity index (χ0) is 14.5. The summed E-state index contributed by atoms with van der Waals surface area (Å²) in [6, 6.07) is 1.40. The van der Waals surface area contributed by atoms with Crippen LogP contribution < -0.4 is 5.32 Å². The zero-order valence-electron chi connectivity index (χ0n) is 10.9. The largest absolute Gasteiger partial charge is 0.378 e. The Morgan fingerprint density at radius 1 is 1.30 bits per heavy atom. The summed E-state index contributed by atoms with van der Waals surface area (Å²) in [6.07, 6.45) is 4.61. The molecule has 1 fully saturated rings. The molecule has 2 rings (SSSR count). The lowest BCUT2D eigenvalue weighted by Gasteiger charge is -2.12. The summed E-state index contributed by atoms with van der Waals surface area (Å²) in [5.41, 5.74) is -0.960. The number of ether oxygens (including phenoxy) is 1. The Labute approximate surface area is 115 Å². The number of halogens is 2. The number of rotatable bonds is 6. The van der Waals surface area contributed by atoms with Crippen LogP contribution in [0.2, 0.25) is 0 Å². The highest BCUT2D eigenvalue weighted by atomic mass is 19.1. The number of nitrogens with zero attached hydrogens (tertiary/aromatic N) is 1. The van der Waals surface area contributed by atoms with Gasteiger partial charge in [-0.1, -0.05) is 12.8 Å². The first-order chi connectivity index (χ1) is 9.58. The molecule has 1 aromatic rings. The van der Waals surface area contributed by atoms with Crippen molar-refractivity contribution in [3.8, 4) is 0 Å². The van der Waals surface area contributed by atoms with Crippen molar-refractivity contribution in [1.82, 2.24) is 0 Å². The lowest BCUT2D eigenvalue weighted by atomic mass is 10.2. The molecule has 110 valence electrons. The quantitative estimate of drug-likeness (QED) is 0.495. The molecule has 1 N–H and O–H groups in total. The third-order valence-corrected chi connectivity index (χ3v) is 3.30.